The first-order valence-corrected chi connectivity index (χ1v) is 10.5. The number of benzene rings is 2. The molecule has 1 amide bonds. The van der Waals surface area contributed by atoms with Crippen molar-refractivity contribution in [1.29, 1.82) is 0 Å². The standard InChI is InChI=1S/C24H28N4O2/c1-16-12-17(2)22(18(3)13-16)26-24(29)20-10-7-11-28(14-20)15-21-25-23(27-30-21)19-8-5-4-6-9-19/h4-6,8-9,12-13,20H,7,10-11,14-15H2,1-3H3,(H,26,29). The molecule has 0 aliphatic carbocycles. The summed E-state index contributed by atoms with van der Waals surface area (Å²) in [6, 6.07) is 14.0. The predicted molar refractivity (Wildman–Crippen MR) is 117 cm³/mol. The van der Waals surface area contributed by atoms with Gasteiger partial charge in [0.2, 0.25) is 17.6 Å². The second-order valence-corrected chi connectivity index (χ2v) is 8.21. The zero-order valence-corrected chi connectivity index (χ0v) is 17.8. The van der Waals surface area contributed by atoms with Gasteiger partial charge in [0, 0.05) is 17.8 Å². The Kier molecular flexibility index (Phi) is 5.95. The zero-order valence-electron chi connectivity index (χ0n) is 17.8. The van der Waals surface area contributed by atoms with Gasteiger partial charge in [0.15, 0.2) is 0 Å². The van der Waals surface area contributed by atoms with Crippen LogP contribution in [0.5, 0.6) is 0 Å². The highest BCUT2D eigenvalue weighted by molar-refractivity contribution is 5.94. The van der Waals surface area contributed by atoms with Gasteiger partial charge >= 0.3 is 0 Å². The average molecular weight is 405 g/mol. The van der Waals surface area contributed by atoms with Crippen LogP contribution in [0.1, 0.15) is 35.4 Å². The number of anilines is 1. The molecule has 1 aliphatic rings. The fourth-order valence-corrected chi connectivity index (χ4v) is 4.23. The number of piperidine rings is 1. The molecule has 1 aliphatic heterocycles. The van der Waals surface area contributed by atoms with Crippen LogP contribution in [0.25, 0.3) is 11.4 Å². The highest BCUT2D eigenvalue weighted by Crippen LogP contribution is 2.25. The van der Waals surface area contributed by atoms with Gasteiger partial charge in [-0.25, -0.2) is 0 Å². The minimum Gasteiger partial charge on any atom is -0.338 e. The number of nitrogens with one attached hydrogen (secondary N) is 1. The molecular formula is C24H28N4O2. The van der Waals surface area contributed by atoms with E-state index in [1.54, 1.807) is 0 Å². The van der Waals surface area contributed by atoms with Crippen LogP contribution >= 0.6 is 0 Å². The van der Waals surface area contributed by atoms with E-state index in [-0.39, 0.29) is 11.8 Å². The van der Waals surface area contributed by atoms with E-state index in [2.05, 4.69) is 39.4 Å². The molecule has 1 N–H and O–H groups in total. The van der Waals surface area contributed by atoms with Crippen molar-refractivity contribution in [3.63, 3.8) is 0 Å². The number of aromatic nitrogens is 2. The Hall–Kier alpha value is -2.99. The molecule has 3 aromatic rings. The minimum absolute atomic E-state index is 0.0460. The van der Waals surface area contributed by atoms with Crippen LogP contribution in [0.2, 0.25) is 0 Å². The normalized spacial score (nSPS) is 17.1. The Labute approximate surface area is 177 Å². The molecule has 2 aromatic carbocycles. The molecule has 1 aromatic heterocycles. The molecule has 6 heteroatoms. The number of likely N-dealkylation sites (tertiary alicyclic amines) is 1. The first kappa shape index (κ1) is 20.3. The number of nitrogens with zero attached hydrogens (tertiary/aromatic N) is 3. The van der Waals surface area contributed by atoms with Crippen LogP contribution in [0.15, 0.2) is 47.0 Å². The number of rotatable bonds is 5. The van der Waals surface area contributed by atoms with Crippen molar-refractivity contribution in [3.8, 4) is 11.4 Å². The highest BCUT2D eigenvalue weighted by atomic mass is 16.5. The lowest BCUT2D eigenvalue weighted by Gasteiger charge is -2.31. The Morgan fingerprint density at radius 3 is 2.63 bits per heavy atom. The lowest BCUT2D eigenvalue weighted by molar-refractivity contribution is -0.121. The van der Waals surface area contributed by atoms with Gasteiger partial charge in [0.05, 0.1) is 12.5 Å². The second kappa shape index (κ2) is 8.79. The van der Waals surface area contributed by atoms with Crippen molar-refractivity contribution in [3.05, 3.63) is 65.0 Å². The van der Waals surface area contributed by atoms with Crippen molar-refractivity contribution in [1.82, 2.24) is 15.0 Å². The quantitative estimate of drug-likeness (QED) is 0.677. The van der Waals surface area contributed by atoms with E-state index >= 15 is 0 Å². The van der Waals surface area contributed by atoms with Crippen LogP contribution in [-0.2, 0) is 11.3 Å². The van der Waals surface area contributed by atoms with E-state index in [9.17, 15) is 4.79 Å². The maximum absolute atomic E-state index is 13.0. The van der Waals surface area contributed by atoms with Crippen molar-refractivity contribution in [2.75, 3.05) is 18.4 Å². The molecule has 0 bridgehead atoms. The van der Waals surface area contributed by atoms with Crippen molar-refractivity contribution in [2.24, 2.45) is 5.92 Å². The number of carbonyl (C=O) groups excluding carboxylic acids is 1. The van der Waals surface area contributed by atoms with Crippen LogP contribution in [0.3, 0.4) is 0 Å². The van der Waals surface area contributed by atoms with Gasteiger partial charge in [-0.1, -0.05) is 53.2 Å². The van der Waals surface area contributed by atoms with E-state index in [0.717, 1.165) is 41.8 Å². The molecule has 4 rings (SSSR count). The van der Waals surface area contributed by atoms with Gasteiger partial charge in [-0.05, 0) is 51.3 Å². The molecule has 0 saturated carbocycles. The van der Waals surface area contributed by atoms with Gasteiger partial charge in [0.1, 0.15) is 0 Å². The summed E-state index contributed by atoms with van der Waals surface area (Å²) in [5.41, 5.74) is 5.29. The molecule has 1 atom stereocenters. The van der Waals surface area contributed by atoms with Crippen LogP contribution in [0, 0.1) is 26.7 Å². The first-order valence-electron chi connectivity index (χ1n) is 10.5. The van der Waals surface area contributed by atoms with Crippen molar-refractivity contribution >= 4 is 11.6 Å². The smallest absolute Gasteiger partial charge is 0.241 e. The summed E-state index contributed by atoms with van der Waals surface area (Å²) in [6.07, 6.45) is 1.87. The monoisotopic (exact) mass is 404 g/mol. The summed E-state index contributed by atoms with van der Waals surface area (Å²) < 4.78 is 5.45. The SMILES string of the molecule is Cc1cc(C)c(NC(=O)C2CCCN(Cc3nc(-c4ccccc4)no3)C2)c(C)c1. The summed E-state index contributed by atoms with van der Waals surface area (Å²) in [4.78, 5) is 19.7. The Morgan fingerprint density at radius 2 is 1.90 bits per heavy atom. The summed E-state index contributed by atoms with van der Waals surface area (Å²) in [5.74, 6) is 1.22. The first-order chi connectivity index (χ1) is 14.5. The van der Waals surface area contributed by atoms with Crippen molar-refractivity contribution < 1.29 is 9.32 Å². The molecule has 30 heavy (non-hydrogen) atoms. The van der Waals surface area contributed by atoms with Crippen molar-refractivity contribution in [2.45, 2.75) is 40.2 Å². The molecule has 0 spiro atoms. The maximum Gasteiger partial charge on any atom is 0.241 e. The largest absolute Gasteiger partial charge is 0.338 e. The second-order valence-electron chi connectivity index (χ2n) is 8.21. The molecular weight excluding hydrogens is 376 g/mol. The molecule has 1 fully saturated rings. The molecule has 156 valence electrons. The summed E-state index contributed by atoms with van der Waals surface area (Å²) in [5, 5.41) is 7.26. The van der Waals surface area contributed by atoms with E-state index in [4.69, 9.17) is 4.52 Å². The number of carbonyl (C=O) groups is 1. The van der Waals surface area contributed by atoms with E-state index in [1.165, 1.54) is 5.56 Å². The predicted octanol–water partition coefficient (Wildman–Crippen LogP) is 4.51. The topological polar surface area (TPSA) is 71.3 Å². The third-order valence-corrected chi connectivity index (χ3v) is 5.66. The lowest BCUT2D eigenvalue weighted by Crippen LogP contribution is -2.40. The minimum atomic E-state index is -0.0460. The molecule has 1 saturated heterocycles. The van der Waals surface area contributed by atoms with Crippen LogP contribution in [-0.4, -0.2) is 34.0 Å². The Balaban J connectivity index is 1.39. The Morgan fingerprint density at radius 1 is 1.17 bits per heavy atom. The Bertz CT molecular complexity index is 1010. The van der Waals surface area contributed by atoms with E-state index in [1.807, 2.05) is 44.2 Å². The summed E-state index contributed by atoms with van der Waals surface area (Å²) >= 11 is 0. The fourth-order valence-electron chi connectivity index (χ4n) is 4.23. The molecule has 0 radical (unpaired) electrons. The van der Waals surface area contributed by atoms with E-state index in [0.29, 0.717) is 24.8 Å². The number of amides is 1. The van der Waals surface area contributed by atoms with Gasteiger partial charge in [0.25, 0.3) is 0 Å². The van der Waals surface area contributed by atoms with Gasteiger partial charge in [-0.3, -0.25) is 9.69 Å². The lowest BCUT2D eigenvalue weighted by atomic mass is 9.96. The fraction of sp³-hybridized carbons (Fsp3) is 0.375. The molecule has 2 heterocycles. The van der Waals surface area contributed by atoms with Crippen LogP contribution in [0.4, 0.5) is 5.69 Å². The van der Waals surface area contributed by atoms with Gasteiger partial charge in [-0.15, -0.1) is 0 Å². The highest BCUT2D eigenvalue weighted by Gasteiger charge is 2.27. The average Bonchev–Trinajstić information content (AvgIpc) is 3.20. The third kappa shape index (κ3) is 4.60. The third-order valence-electron chi connectivity index (χ3n) is 5.66. The molecule has 1 unspecified atom stereocenters. The maximum atomic E-state index is 13.0. The zero-order chi connectivity index (χ0) is 21.1. The number of hydrogen-bond acceptors (Lipinski definition) is 5. The summed E-state index contributed by atoms with van der Waals surface area (Å²) in [7, 11) is 0. The van der Waals surface area contributed by atoms with Gasteiger partial charge < -0.3 is 9.84 Å². The van der Waals surface area contributed by atoms with Crippen LogP contribution < -0.4 is 5.32 Å². The van der Waals surface area contributed by atoms with Gasteiger partial charge in [-0.2, -0.15) is 4.98 Å². The summed E-state index contributed by atoms with van der Waals surface area (Å²) in [6.45, 7) is 8.34. The number of aryl methyl sites for hydroxylation is 3. The van der Waals surface area contributed by atoms with E-state index < -0.39 is 0 Å². The number of hydrogen-bond donors (Lipinski definition) is 1. The molecule has 6 nitrogen and oxygen atoms in total.